The van der Waals surface area contributed by atoms with Gasteiger partial charge in [-0.1, -0.05) is 29.4 Å². The van der Waals surface area contributed by atoms with E-state index in [-0.39, 0.29) is 24.2 Å². The predicted octanol–water partition coefficient (Wildman–Crippen LogP) is 1.03. The smallest absolute Gasteiger partial charge is 0.229 e. The Hall–Kier alpha value is -3.38. The largest absolute Gasteiger partial charge is 0.508 e. The first-order chi connectivity index (χ1) is 15.7. The second-order valence-corrected chi connectivity index (χ2v) is 7.43. The third-order valence-corrected chi connectivity index (χ3v) is 5.17. The zero-order valence-corrected chi connectivity index (χ0v) is 17.2. The molecule has 0 aliphatic carbocycles. The first kappa shape index (κ1) is 24.3. The highest BCUT2D eigenvalue weighted by Crippen LogP contribution is 2.36. The quantitative estimate of drug-likeness (QED) is 0.143. The molecule has 1 aliphatic heterocycles. The van der Waals surface area contributed by atoms with Gasteiger partial charge in [-0.05, 0) is 17.5 Å². The van der Waals surface area contributed by atoms with E-state index in [0.717, 1.165) is 17.7 Å². The van der Waals surface area contributed by atoms with Gasteiger partial charge in [0.2, 0.25) is 6.29 Å². The number of aryl methyl sites for hydroxylation is 1. The van der Waals surface area contributed by atoms with Gasteiger partial charge in [0.05, 0.1) is 6.61 Å². The highest BCUT2D eigenvalue weighted by molar-refractivity contribution is 6.01. The van der Waals surface area contributed by atoms with Gasteiger partial charge in [0, 0.05) is 29.2 Å². The molecule has 5 atom stereocenters. The highest BCUT2D eigenvalue weighted by atomic mass is 16.7. The van der Waals surface area contributed by atoms with Crippen molar-refractivity contribution in [2.24, 2.45) is 5.11 Å². The number of carbonyl (C=O) groups excluding carboxylic acids is 1. The molecule has 1 aliphatic rings. The maximum Gasteiger partial charge on any atom is 0.229 e. The molecular formula is C21H23N3O9. The summed E-state index contributed by atoms with van der Waals surface area (Å²) in [6, 6.07) is 8.51. The SMILES string of the molecule is [N-]=[N+]=Nc1ccc(CCC(=O)c2c(O)cc(O)cc2O[C@@H]2O[C@H](CO)[C@H](O)[C@H](O)[C@H]2O)cc1. The Morgan fingerprint density at radius 2 is 1.79 bits per heavy atom. The van der Waals surface area contributed by atoms with Crippen LogP contribution in [0, 0.1) is 0 Å². The molecule has 176 valence electrons. The number of hydrogen-bond acceptors (Lipinski definition) is 10. The van der Waals surface area contributed by atoms with Crippen LogP contribution >= 0.6 is 0 Å². The standard InChI is InChI=1S/C21H23N3O9/c22-24-23-11-4-1-10(2-5-11)3-6-13(27)17-14(28)7-12(26)8-15(17)32-21-20(31)19(30)18(29)16(9-25)33-21/h1-2,4-5,7-8,16,18-21,25-26,28-31H,3,6,9H2/t16-,18+,19+,20-,21-/m1/s1. The number of phenolic OH excluding ortho intramolecular Hbond substituents is 2. The number of ether oxygens (including phenoxy) is 2. The molecule has 1 heterocycles. The molecule has 12 nitrogen and oxygen atoms in total. The number of phenols is 2. The monoisotopic (exact) mass is 461 g/mol. The molecule has 0 aromatic heterocycles. The van der Waals surface area contributed by atoms with Gasteiger partial charge in [-0.2, -0.15) is 0 Å². The number of nitrogens with zero attached hydrogens (tertiary/aromatic N) is 3. The molecule has 1 fully saturated rings. The van der Waals surface area contributed by atoms with Crippen molar-refractivity contribution in [1.82, 2.24) is 0 Å². The summed E-state index contributed by atoms with van der Waals surface area (Å²) in [5, 5.41) is 62.9. The molecule has 0 bridgehead atoms. The van der Waals surface area contributed by atoms with Gasteiger partial charge < -0.3 is 40.1 Å². The number of azide groups is 1. The van der Waals surface area contributed by atoms with Crippen molar-refractivity contribution in [3.63, 3.8) is 0 Å². The third kappa shape index (κ3) is 5.52. The Labute approximate surface area is 187 Å². The normalized spacial score (nSPS) is 24.7. The van der Waals surface area contributed by atoms with Crippen molar-refractivity contribution in [3.05, 3.63) is 58.0 Å². The summed E-state index contributed by atoms with van der Waals surface area (Å²) in [5.41, 5.74) is 9.34. The lowest BCUT2D eigenvalue weighted by Gasteiger charge is -2.39. The van der Waals surface area contributed by atoms with Crippen molar-refractivity contribution in [3.8, 4) is 17.2 Å². The van der Waals surface area contributed by atoms with Crippen LogP contribution in [0.4, 0.5) is 5.69 Å². The molecule has 6 N–H and O–H groups in total. The number of aliphatic hydroxyl groups excluding tert-OH is 4. The second kappa shape index (κ2) is 10.5. The van der Waals surface area contributed by atoms with Crippen molar-refractivity contribution in [2.45, 2.75) is 43.5 Å². The zero-order chi connectivity index (χ0) is 24.1. The second-order valence-electron chi connectivity index (χ2n) is 7.43. The van der Waals surface area contributed by atoms with E-state index in [2.05, 4.69) is 10.0 Å². The van der Waals surface area contributed by atoms with Crippen LogP contribution in [0.2, 0.25) is 0 Å². The third-order valence-electron chi connectivity index (χ3n) is 5.17. The Balaban J connectivity index is 1.80. The van der Waals surface area contributed by atoms with Crippen LogP contribution < -0.4 is 4.74 Å². The molecule has 0 saturated carbocycles. The summed E-state index contributed by atoms with van der Waals surface area (Å²) in [6.45, 7) is -0.680. The van der Waals surface area contributed by atoms with Crippen molar-refractivity contribution in [1.29, 1.82) is 0 Å². The number of aromatic hydroxyl groups is 2. The van der Waals surface area contributed by atoms with E-state index in [0.29, 0.717) is 5.69 Å². The minimum absolute atomic E-state index is 0.0652. The lowest BCUT2D eigenvalue weighted by atomic mass is 9.99. The van der Waals surface area contributed by atoms with Gasteiger partial charge >= 0.3 is 0 Å². The maximum atomic E-state index is 12.9. The fourth-order valence-electron chi connectivity index (χ4n) is 3.41. The first-order valence-corrected chi connectivity index (χ1v) is 9.95. The van der Waals surface area contributed by atoms with Crippen molar-refractivity contribution < 1.29 is 44.9 Å². The Morgan fingerprint density at radius 3 is 2.42 bits per heavy atom. The molecule has 2 aromatic rings. The van der Waals surface area contributed by atoms with Crippen LogP contribution in [0.25, 0.3) is 10.4 Å². The molecule has 12 heteroatoms. The number of hydrogen-bond donors (Lipinski definition) is 6. The summed E-state index contributed by atoms with van der Waals surface area (Å²) >= 11 is 0. The van der Waals surface area contributed by atoms with Crippen LogP contribution in [-0.2, 0) is 11.2 Å². The predicted molar refractivity (Wildman–Crippen MR) is 112 cm³/mol. The van der Waals surface area contributed by atoms with E-state index in [4.69, 9.17) is 15.0 Å². The summed E-state index contributed by atoms with van der Waals surface area (Å²) in [7, 11) is 0. The number of aliphatic hydroxyl groups is 4. The lowest BCUT2D eigenvalue weighted by molar-refractivity contribution is -0.277. The molecule has 2 aromatic carbocycles. The van der Waals surface area contributed by atoms with Gasteiger partial charge in [0.1, 0.15) is 47.2 Å². The summed E-state index contributed by atoms with van der Waals surface area (Å²) in [4.78, 5) is 15.6. The van der Waals surface area contributed by atoms with Crippen LogP contribution in [0.3, 0.4) is 0 Å². The first-order valence-electron chi connectivity index (χ1n) is 9.95. The van der Waals surface area contributed by atoms with Crippen LogP contribution in [0.5, 0.6) is 17.2 Å². The Bertz CT molecular complexity index is 1040. The summed E-state index contributed by atoms with van der Waals surface area (Å²) in [6.07, 6.45) is -7.70. The average molecular weight is 461 g/mol. The minimum Gasteiger partial charge on any atom is -0.508 e. The number of benzene rings is 2. The summed E-state index contributed by atoms with van der Waals surface area (Å²) in [5.74, 6) is -1.87. The van der Waals surface area contributed by atoms with E-state index >= 15 is 0 Å². The van der Waals surface area contributed by atoms with E-state index in [1.54, 1.807) is 24.3 Å². The van der Waals surface area contributed by atoms with Crippen LogP contribution in [-0.4, -0.2) is 73.7 Å². The number of carbonyl (C=O) groups is 1. The zero-order valence-electron chi connectivity index (χ0n) is 17.2. The van der Waals surface area contributed by atoms with Crippen LogP contribution in [0.15, 0.2) is 41.5 Å². The molecule has 0 unspecified atom stereocenters. The number of Topliss-reactive ketones (excluding diaryl/α,β-unsaturated/α-hetero) is 1. The van der Waals surface area contributed by atoms with Gasteiger partial charge in [0.15, 0.2) is 5.78 Å². The minimum atomic E-state index is -1.75. The summed E-state index contributed by atoms with van der Waals surface area (Å²) < 4.78 is 10.8. The fraction of sp³-hybridized carbons (Fsp3) is 0.381. The van der Waals surface area contributed by atoms with Gasteiger partial charge in [-0.15, -0.1) is 0 Å². The average Bonchev–Trinajstić information content (AvgIpc) is 2.78. The van der Waals surface area contributed by atoms with E-state index in [1.807, 2.05) is 0 Å². The van der Waals surface area contributed by atoms with Crippen molar-refractivity contribution >= 4 is 11.5 Å². The molecule has 33 heavy (non-hydrogen) atoms. The fourth-order valence-corrected chi connectivity index (χ4v) is 3.41. The molecule has 0 radical (unpaired) electrons. The Kier molecular flexibility index (Phi) is 7.71. The maximum absolute atomic E-state index is 12.9. The lowest BCUT2D eigenvalue weighted by Crippen LogP contribution is -2.60. The molecule has 0 amide bonds. The highest BCUT2D eigenvalue weighted by Gasteiger charge is 2.45. The molecular weight excluding hydrogens is 438 g/mol. The molecule has 0 spiro atoms. The van der Waals surface area contributed by atoms with Gasteiger partial charge in [0.25, 0.3) is 0 Å². The number of ketones is 1. The van der Waals surface area contributed by atoms with Gasteiger partial charge in [-0.25, -0.2) is 0 Å². The Morgan fingerprint density at radius 1 is 1.09 bits per heavy atom. The van der Waals surface area contributed by atoms with E-state index in [9.17, 15) is 35.4 Å². The van der Waals surface area contributed by atoms with Gasteiger partial charge in [-0.3, -0.25) is 4.79 Å². The van der Waals surface area contributed by atoms with E-state index in [1.165, 1.54) is 0 Å². The topological polar surface area (TPSA) is 206 Å². The number of rotatable bonds is 8. The van der Waals surface area contributed by atoms with Crippen molar-refractivity contribution in [2.75, 3.05) is 6.61 Å². The molecule has 3 rings (SSSR count). The van der Waals surface area contributed by atoms with Crippen LogP contribution in [0.1, 0.15) is 22.3 Å². The molecule has 1 saturated heterocycles. The van der Waals surface area contributed by atoms with E-state index < -0.39 is 54.6 Å².